The first-order chi connectivity index (χ1) is 12.4. The molecule has 1 atom stereocenters. The van der Waals surface area contributed by atoms with Crippen LogP contribution in [0.2, 0.25) is 0 Å². The number of aromatic amines is 1. The van der Waals surface area contributed by atoms with Crippen LogP contribution in [0.25, 0.3) is 10.9 Å². The average molecular weight is 353 g/mol. The minimum absolute atomic E-state index is 0.0150. The Morgan fingerprint density at radius 2 is 2.12 bits per heavy atom. The van der Waals surface area contributed by atoms with E-state index in [9.17, 15) is 9.59 Å². The Balaban J connectivity index is 1.72. The first kappa shape index (κ1) is 18.2. The molecule has 0 saturated carbocycles. The Bertz CT molecular complexity index is 866. The van der Waals surface area contributed by atoms with E-state index in [1.807, 2.05) is 0 Å². The first-order valence-electron chi connectivity index (χ1n) is 9.18. The van der Waals surface area contributed by atoms with Crippen molar-refractivity contribution >= 4 is 22.7 Å². The Morgan fingerprint density at radius 1 is 1.35 bits per heavy atom. The molecule has 1 aromatic heterocycles. The highest BCUT2D eigenvalue weighted by Gasteiger charge is 2.27. The number of hydrogen-bond donors (Lipinski definition) is 2. The molecule has 0 radical (unpaired) electrons. The monoisotopic (exact) mass is 353 g/mol. The number of nitrogens with one attached hydrogen (secondary N) is 2. The number of carbonyl (C=O) groups excluding carboxylic acids is 2. The lowest BCUT2D eigenvalue weighted by atomic mass is 9.96. The molecule has 0 spiro atoms. The molecule has 1 aliphatic heterocycles. The number of aromatic nitrogens is 1. The summed E-state index contributed by atoms with van der Waals surface area (Å²) in [4.78, 5) is 29.6. The van der Waals surface area contributed by atoms with Crippen LogP contribution in [0.5, 0.6) is 0 Å². The van der Waals surface area contributed by atoms with Gasteiger partial charge < -0.3 is 15.2 Å². The predicted molar refractivity (Wildman–Crippen MR) is 104 cm³/mol. The molecule has 0 bridgehead atoms. The van der Waals surface area contributed by atoms with Gasteiger partial charge in [0.05, 0.1) is 11.4 Å². The number of amides is 2. The summed E-state index contributed by atoms with van der Waals surface area (Å²) in [6, 6.07) is 4.30. The molecule has 138 valence electrons. The minimum atomic E-state index is -0.153. The molecule has 1 aliphatic rings. The van der Waals surface area contributed by atoms with E-state index in [1.54, 1.807) is 4.90 Å². The Kier molecular flexibility index (Phi) is 5.16. The average Bonchev–Trinajstić information content (AvgIpc) is 2.93. The molecule has 2 amide bonds. The summed E-state index contributed by atoms with van der Waals surface area (Å²) in [7, 11) is 0. The number of aryl methyl sites for hydroxylation is 3. The summed E-state index contributed by atoms with van der Waals surface area (Å²) in [6.07, 6.45) is 2.98. The standard InChI is InChI=1S/C21H27N3O2/c1-5-19(25)24-8-6-7-16(12-24)21(26)22-11-17-9-13(2)10-18-14(3)15(4)23-20(17)18/h5,9-10,16,23H,1,6-8,11-12H2,2-4H3,(H,22,26). The molecule has 5 heteroatoms. The minimum Gasteiger partial charge on any atom is -0.358 e. The maximum Gasteiger partial charge on any atom is 0.245 e. The zero-order valence-electron chi connectivity index (χ0n) is 15.8. The van der Waals surface area contributed by atoms with Gasteiger partial charge >= 0.3 is 0 Å². The molecule has 1 saturated heterocycles. The molecular weight excluding hydrogens is 326 g/mol. The van der Waals surface area contributed by atoms with Crippen LogP contribution < -0.4 is 5.32 Å². The van der Waals surface area contributed by atoms with Gasteiger partial charge in [-0.1, -0.05) is 18.2 Å². The Morgan fingerprint density at radius 3 is 2.85 bits per heavy atom. The van der Waals surface area contributed by atoms with Gasteiger partial charge in [0.1, 0.15) is 0 Å². The largest absolute Gasteiger partial charge is 0.358 e. The van der Waals surface area contributed by atoms with Crippen molar-refractivity contribution in [2.45, 2.75) is 40.2 Å². The number of fused-ring (bicyclic) bond motifs is 1. The molecule has 1 aromatic carbocycles. The van der Waals surface area contributed by atoms with Crippen molar-refractivity contribution < 1.29 is 9.59 Å². The highest BCUT2D eigenvalue weighted by Crippen LogP contribution is 2.26. The second kappa shape index (κ2) is 7.36. The molecule has 0 aliphatic carbocycles. The highest BCUT2D eigenvalue weighted by molar-refractivity contribution is 5.89. The van der Waals surface area contributed by atoms with Crippen molar-refractivity contribution in [3.05, 3.63) is 47.2 Å². The number of likely N-dealkylation sites (tertiary alicyclic amines) is 1. The lowest BCUT2D eigenvalue weighted by Gasteiger charge is -2.31. The number of benzene rings is 1. The summed E-state index contributed by atoms with van der Waals surface area (Å²) in [5.74, 6) is -0.235. The van der Waals surface area contributed by atoms with E-state index < -0.39 is 0 Å². The van der Waals surface area contributed by atoms with Crippen molar-refractivity contribution in [1.82, 2.24) is 15.2 Å². The zero-order chi connectivity index (χ0) is 18.8. The number of piperidine rings is 1. The summed E-state index contributed by atoms with van der Waals surface area (Å²) in [5, 5.41) is 4.29. The van der Waals surface area contributed by atoms with Crippen molar-refractivity contribution in [3.8, 4) is 0 Å². The van der Waals surface area contributed by atoms with E-state index in [0.29, 0.717) is 19.6 Å². The van der Waals surface area contributed by atoms with Gasteiger partial charge in [-0.3, -0.25) is 9.59 Å². The molecule has 1 fully saturated rings. The van der Waals surface area contributed by atoms with Crippen LogP contribution in [-0.4, -0.2) is 34.8 Å². The normalized spacial score (nSPS) is 17.3. The molecule has 2 aromatic rings. The smallest absolute Gasteiger partial charge is 0.245 e. The third-order valence-corrected chi connectivity index (χ3v) is 5.37. The Hall–Kier alpha value is -2.56. The van der Waals surface area contributed by atoms with Gasteiger partial charge in [0.25, 0.3) is 0 Å². The zero-order valence-corrected chi connectivity index (χ0v) is 15.8. The van der Waals surface area contributed by atoms with Gasteiger partial charge in [0.2, 0.25) is 11.8 Å². The third-order valence-electron chi connectivity index (χ3n) is 5.37. The van der Waals surface area contributed by atoms with Crippen molar-refractivity contribution in [3.63, 3.8) is 0 Å². The molecule has 2 heterocycles. The first-order valence-corrected chi connectivity index (χ1v) is 9.18. The Labute approximate surface area is 154 Å². The fraction of sp³-hybridized carbons (Fsp3) is 0.429. The van der Waals surface area contributed by atoms with E-state index in [2.05, 4.69) is 49.8 Å². The molecule has 3 rings (SSSR count). The van der Waals surface area contributed by atoms with Crippen LogP contribution in [0.1, 0.15) is 35.2 Å². The van der Waals surface area contributed by atoms with Gasteiger partial charge in [0.15, 0.2) is 0 Å². The van der Waals surface area contributed by atoms with Gasteiger partial charge in [-0.05, 0) is 56.9 Å². The summed E-state index contributed by atoms with van der Waals surface area (Å²) in [5.41, 5.74) is 5.79. The fourth-order valence-electron chi connectivity index (χ4n) is 3.77. The lowest BCUT2D eigenvalue weighted by molar-refractivity contribution is -0.132. The second-order valence-electron chi connectivity index (χ2n) is 7.27. The lowest BCUT2D eigenvalue weighted by Crippen LogP contribution is -2.44. The predicted octanol–water partition coefficient (Wildman–Crippen LogP) is 3.13. The number of carbonyl (C=O) groups is 2. The number of nitrogens with zero attached hydrogens (tertiary/aromatic N) is 1. The van der Waals surface area contributed by atoms with E-state index >= 15 is 0 Å². The number of H-pyrrole nitrogens is 1. The van der Waals surface area contributed by atoms with E-state index in [-0.39, 0.29) is 17.7 Å². The van der Waals surface area contributed by atoms with Gasteiger partial charge in [-0.15, -0.1) is 0 Å². The summed E-state index contributed by atoms with van der Waals surface area (Å²) >= 11 is 0. The number of hydrogen-bond acceptors (Lipinski definition) is 2. The van der Waals surface area contributed by atoms with Gasteiger partial charge in [0, 0.05) is 30.7 Å². The number of rotatable bonds is 4. The quantitative estimate of drug-likeness (QED) is 0.830. The second-order valence-corrected chi connectivity index (χ2v) is 7.27. The van der Waals surface area contributed by atoms with Gasteiger partial charge in [-0.25, -0.2) is 0 Å². The molecule has 1 unspecified atom stereocenters. The van der Waals surface area contributed by atoms with Crippen LogP contribution in [0, 0.1) is 26.7 Å². The van der Waals surface area contributed by atoms with E-state index in [4.69, 9.17) is 0 Å². The van der Waals surface area contributed by atoms with E-state index in [0.717, 1.165) is 29.6 Å². The molecule has 26 heavy (non-hydrogen) atoms. The van der Waals surface area contributed by atoms with Crippen LogP contribution in [0.15, 0.2) is 24.8 Å². The third kappa shape index (κ3) is 3.52. The molecule has 5 nitrogen and oxygen atoms in total. The van der Waals surface area contributed by atoms with E-state index in [1.165, 1.54) is 22.6 Å². The fourth-order valence-corrected chi connectivity index (χ4v) is 3.77. The SMILES string of the molecule is C=CC(=O)N1CCCC(C(=O)NCc2cc(C)cc3c(C)c(C)[nH]c23)C1. The summed E-state index contributed by atoms with van der Waals surface area (Å²) < 4.78 is 0. The van der Waals surface area contributed by atoms with Crippen molar-refractivity contribution in [2.75, 3.05) is 13.1 Å². The van der Waals surface area contributed by atoms with Crippen molar-refractivity contribution in [2.24, 2.45) is 5.92 Å². The van der Waals surface area contributed by atoms with Crippen LogP contribution in [0.4, 0.5) is 0 Å². The maximum atomic E-state index is 12.6. The molecule has 2 N–H and O–H groups in total. The maximum absolute atomic E-state index is 12.6. The van der Waals surface area contributed by atoms with Crippen molar-refractivity contribution in [1.29, 1.82) is 0 Å². The molecular formula is C21H27N3O2. The van der Waals surface area contributed by atoms with Crippen LogP contribution >= 0.6 is 0 Å². The van der Waals surface area contributed by atoms with Gasteiger partial charge in [-0.2, -0.15) is 0 Å². The summed E-state index contributed by atoms with van der Waals surface area (Å²) in [6.45, 7) is 11.5. The topological polar surface area (TPSA) is 65.2 Å². The van der Waals surface area contributed by atoms with Crippen LogP contribution in [-0.2, 0) is 16.1 Å². The van der Waals surface area contributed by atoms with Crippen LogP contribution in [0.3, 0.4) is 0 Å². The highest BCUT2D eigenvalue weighted by atomic mass is 16.2.